The van der Waals surface area contributed by atoms with Crippen molar-refractivity contribution in [2.75, 3.05) is 19.6 Å². The number of aromatic nitrogens is 1. The number of fused-ring (bicyclic) bond motifs is 1. The van der Waals surface area contributed by atoms with E-state index >= 15 is 0 Å². The second kappa shape index (κ2) is 10.6. The number of hydrogen-bond acceptors (Lipinski definition) is 2. The van der Waals surface area contributed by atoms with Crippen LogP contribution in [0.4, 0.5) is 13.2 Å². The molecule has 1 heterocycles. The van der Waals surface area contributed by atoms with Crippen molar-refractivity contribution in [3.8, 4) is 11.3 Å². The number of carbonyl (C=O) groups excluding carboxylic acids is 1. The fourth-order valence-corrected chi connectivity index (χ4v) is 4.85. The fraction of sp³-hybridized carbons (Fsp3) is 0.444. The number of H-pyrrole nitrogens is 1. The summed E-state index contributed by atoms with van der Waals surface area (Å²) in [5.41, 5.74) is 2.45. The molecule has 1 aliphatic carbocycles. The molecule has 182 valence electrons. The largest absolute Gasteiger partial charge is 0.353 e. The molecule has 0 aliphatic heterocycles. The second-order valence-electron chi connectivity index (χ2n) is 9.20. The zero-order valence-electron chi connectivity index (χ0n) is 19.8. The van der Waals surface area contributed by atoms with Gasteiger partial charge in [0.1, 0.15) is 17.5 Å². The monoisotopic (exact) mass is 471 g/mol. The molecule has 0 bridgehead atoms. The normalized spacial score (nSPS) is 17.8. The van der Waals surface area contributed by atoms with Crippen LogP contribution in [0.2, 0.25) is 0 Å². The molecule has 1 amide bonds. The van der Waals surface area contributed by atoms with Gasteiger partial charge in [-0.1, -0.05) is 20.3 Å². The van der Waals surface area contributed by atoms with Crippen LogP contribution in [-0.4, -0.2) is 41.5 Å². The van der Waals surface area contributed by atoms with Crippen molar-refractivity contribution in [1.29, 1.82) is 0 Å². The van der Waals surface area contributed by atoms with E-state index in [-0.39, 0.29) is 29.2 Å². The van der Waals surface area contributed by atoms with Gasteiger partial charge in [-0.25, -0.2) is 13.2 Å². The van der Waals surface area contributed by atoms with E-state index in [1.165, 1.54) is 18.2 Å². The first-order valence-corrected chi connectivity index (χ1v) is 12.2. The summed E-state index contributed by atoms with van der Waals surface area (Å²) in [4.78, 5) is 17.9. The van der Waals surface area contributed by atoms with E-state index in [1.54, 1.807) is 12.1 Å². The lowest BCUT2D eigenvalue weighted by Gasteiger charge is -2.36. The summed E-state index contributed by atoms with van der Waals surface area (Å²) in [5.74, 6) is -1.58. The number of unbranched alkanes of at least 4 members (excludes halogenated alkanes) is 1. The van der Waals surface area contributed by atoms with Crippen LogP contribution in [0.1, 0.15) is 57.4 Å². The first-order chi connectivity index (χ1) is 16.4. The van der Waals surface area contributed by atoms with E-state index < -0.39 is 11.6 Å². The third-order valence-electron chi connectivity index (χ3n) is 6.84. The molecule has 0 radical (unpaired) electrons. The maximum atomic E-state index is 14.5. The summed E-state index contributed by atoms with van der Waals surface area (Å²) < 4.78 is 42.1. The molecule has 1 fully saturated rings. The van der Waals surface area contributed by atoms with Gasteiger partial charge in [0.2, 0.25) is 5.91 Å². The number of hydrogen-bond donors (Lipinski definition) is 2. The molecule has 4 rings (SSSR count). The molecule has 1 aromatic heterocycles. The van der Waals surface area contributed by atoms with Gasteiger partial charge in [0.05, 0.1) is 11.2 Å². The van der Waals surface area contributed by atoms with Crippen LogP contribution < -0.4 is 5.32 Å². The van der Waals surface area contributed by atoms with Gasteiger partial charge in [-0.2, -0.15) is 0 Å². The minimum atomic E-state index is -0.655. The lowest BCUT2D eigenvalue weighted by molar-refractivity contribution is -0.122. The van der Waals surface area contributed by atoms with Crippen molar-refractivity contribution < 1.29 is 18.0 Å². The Labute approximate surface area is 198 Å². The molecule has 0 saturated heterocycles. The van der Waals surface area contributed by atoms with E-state index in [9.17, 15) is 18.0 Å². The molecule has 0 atom stereocenters. The third-order valence-corrected chi connectivity index (χ3v) is 6.84. The van der Waals surface area contributed by atoms with Crippen LogP contribution in [0.5, 0.6) is 0 Å². The van der Waals surface area contributed by atoms with Crippen LogP contribution in [0.15, 0.2) is 36.4 Å². The number of amides is 1. The predicted molar refractivity (Wildman–Crippen MR) is 129 cm³/mol. The van der Waals surface area contributed by atoms with Crippen molar-refractivity contribution in [3.05, 3.63) is 59.4 Å². The van der Waals surface area contributed by atoms with Gasteiger partial charge in [-0.3, -0.25) is 4.79 Å². The van der Waals surface area contributed by atoms with Gasteiger partial charge in [-0.15, -0.1) is 0 Å². The van der Waals surface area contributed by atoms with E-state index in [1.807, 2.05) is 0 Å². The van der Waals surface area contributed by atoms with Gasteiger partial charge in [0.15, 0.2) is 0 Å². The van der Waals surface area contributed by atoms with Crippen molar-refractivity contribution >= 4 is 16.8 Å². The van der Waals surface area contributed by atoms with Crippen molar-refractivity contribution in [2.24, 2.45) is 0 Å². The minimum Gasteiger partial charge on any atom is -0.353 e. The summed E-state index contributed by atoms with van der Waals surface area (Å²) in [6.07, 6.45) is 4.11. The van der Waals surface area contributed by atoms with Crippen LogP contribution >= 0.6 is 0 Å². The fourth-order valence-electron chi connectivity index (χ4n) is 4.85. The molecule has 7 heteroatoms. The van der Waals surface area contributed by atoms with Gasteiger partial charge < -0.3 is 15.2 Å². The Morgan fingerprint density at radius 2 is 1.79 bits per heavy atom. The number of aromatic amines is 1. The molecule has 0 unspecified atom stereocenters. The van der Waals surface area contributed by atoms with Crippen LogP contribution in [-0.2, 0) is 4.79 Å². The standard InChI is InChI=1S/C27H32F3N3O/c1-3-5-11-33(4-2)12-10-24(34)31-21-13-18(14-21)25-22-15-20(29)16-23(30)27(22)32-26(25)17-6-8-19(28)9-7-17/h6-9,15-16,18,21,32H,3-5,10-14H2,1-2H3,(H,31,34)/t18-,21+. The van der Waals surface area contributed by atoms with Crippen molar-refractivity contribution in [1.82, 2.24) is 15.2 Å². The molecular weight excluding hydrogens is 439 g/mol. The predicted octanol–water partition coefficient (Wildman–Crippen LogP) is 6.13. The quantitative estimate of drug-likeness (QED) is 0.374. The number of halogens is 3. The van der Waals surface area contributed by atoms with Crippen LogP contribution in [0, 0.1) is 17.5 Å². The summed E-state index contributed by atoms with van der Waals surface area (Å²) in [7, 11) is 0. The highest BCUT2D eigenvalue weighted by Gasteiger charge is 2.35. The zero-order valence-corrected chi connectivity index (χ0v) is 19.8. The molecule has 3 aromatic rings. The summed E-state index contributed by atoms with van der Waals surface area (Å²) in [6.45, 7) is 6.94. The second-order valence-corrected chi connectivity index (χ2v) is 9.20. The molecule has 1 aliphatic rings. The van der Waals surface area contributed by atoms with Crippen LogP contribution in [0.25, 0.3) is 22.2 Å². The van der Waals surface area contributed by atoms with Gasteiger partial charge in [-0.05, 0) is 79.7 Å². The summed E-state index contributed by atoms with van der Waals surface area (Å²) in [5, 5.41) is 3.61. The Hall–Kier alpha value is -2.80. The Morgan fingerprint density at radius 1 is 1.06 bits per heavy atom. The number of carbonyl (C=O) groups is 1. The maximum Gasteiger partial charge on any atom is 0.221 e. The highest BCUT2D eigenvalue weighted by molar-refractivity contribution is 5.92. The maximum absolute atomic E-state index is 14.5. The van der Waals surface area contributed by atoms with Crippen molar-refractivity contribution in [2.45, 2.75) is 57.9 Å². The first kappa shape index (κ1) is 24.3. The molecule has 2 aromatic carbocycles. The number of rotatable bonds is 10. The summed E-state index contributed by atoms with van der Waals surface area (Å²) in [6, 6.07) is 8.21. The van der Waals surface area contributed by atoms with Gasteiger partial charge >= 0.3 is 0 Å². The lowest BCUT2D eigenvalue weighted by atomic mass is 9.74. The molecular formula is C27H32F3N3O. The molecule has 1 saturated carbocycles. The van der Waals surface area contributed by atoms with E-state index in [4.69, 9.17) is 0 Å². The smallest absolute Gasteiger partial charge is 0.221 e. The molecule has 0 spiro atoms. The molecule has 2 N–H and O–H groups in total. The Bertz CT molecular complexity index is 1140. The number of nitrogens with one attached hydrogen (secondary N) is 2. The van der Waals surface area contributed by atoms with Gasteiger partial charge in [0.25, 0.3) is 0 Å². The van der Waals surface area contributed by atoms with E-state index in [0.29, 0.717) is 35.9 Å². The minimum absolute atomic E-state index is 0.0349. The highest BCUT2D eigenvalue weighted by Crippen LogP contribution is 2.45. The lowest BCUT2D eigenvalue weighted by Crippen LogP contribution is -2.44. The highest BCUT2D eigenvalue weighted by atomic mass is 19.1. The first-order valence-electron chi connectivity index (χ1n) is 12.2. The summed E-state index contributed by atoms with van der Waals surface area (Å²) >= 11 is 0. The Balaban J connectivity index is 1.47. The average Bonchev–Trinajstić information content (AvgIpc) is 3.15. The van der Waals surface area contributed by atoms with Crippen LogP contribution in [0.3, 0.4) is 0 Å². The Morgan fingerprint density at radius 3 is 2.47 bits per heavy atom. The molecule has 4 nitrogen and oxygen atoms in total. The SMILES string of the molecule is CCCCN(CC)CCC(=O)N[C@H]1C[C@@H](c2c(-c3ccc(F)cc3)[nH]c3c(F)cc(F)cc32)C1. The molecule has 34 heavy (non-hydrogen) atoms. The van der Waals surface area contributed by atoms with E-state index in [2.05, 4.69) is 29.0 Å². The Kier molecular flexibility index (Phi) is 7.61. The topological polar surface area (TPSA) is 48.1 Å². The number of nitrogens with zero attached hydrogens (tertiary/aromatic N) is 1. The van der Waals surface area contributed by atoms with Crippen molar-refractivity contribution in [3.63, 3.8) is 0 Å². The number of benzene rings is 2. The average molecular weight is 472 g/mol. The zero-order chi connectivity index (χ0) is 24.2. The van der Waals surface area contributed by atoms with Gasteiger partial charge in [0, 0.05) is 30.5 Å². The third kappa shape index (κ3) is 5.30. The van der Waals surface area contributed by atoms with E-state index in [0.717, 1.165) is 44.1 Å².